The van der Waals surface area contributed by atoms with Crippen molar-refractivity contribution in [2.75, 3.05) is 0 Å². The van der Waals surface area contributed by atoms with Crippen LogP contribution in [0.2, 0.25) is 0 Å². The lowest BCUT2D eigenvalue weighted by Gasteiger charge is -2.28. The molecule has 0 heteroatoms. The minimum absolute atomic E-state index is 0.851. The maximum atomic E-state index is 2.29. The molecular weight excluding hydrogens is 540 g/mol. The van der Waals surface area contributed by atoms with E-state index in [-0.39, 0.29) is 0 Å². The number of hydrogen-bond donors (Lipinski definition) is 0. The SMILES string of the molecule is c1ccc(Cc2c(Cc3ccccc3)c(-c3ccccc3)c(-c3ccccc3)c(-c3ccccc3)c2Cc2ccccc2)cc1. The van der Waals surface area contributed by atoms with Crippen molar-refractivity contribution in [3.63, 3.8) is 0 Å². The fraction of sp³-hybridized carbons (Fsp3) is 0.0667. The van der Waals surface area contributed by atoms with Gasteiger partial charge in [0.2, 0.25) is 0 Å². The standard InChI is InChI=1S/C45H36/c1-7-19-34(20-8-1)31-40-41(32-35-21-9-2-10-22-35)43(37-25-13-4-14-26-37)45(39-29-17-6-18-30-39)44(38-27-15-5-16-28-38)42(40)33-36-23-11-3-12-24-36/h1-30H,31-33H2. The summed E-state index contributed by atoms with van der Waals surface area (Å²) in [5.41, 5.74) is 15.9. The maximum absolute atomic E-state index is 2.29. The molecule has 0 saturated heterocycles. The van der Waals surface area contributed by atoms with E-state index in [1.807, 2.05) is 0 Å². The summed E-state index contributed by atoms with van der Waals surface area (Å²) in [6.07, 6.45) is 2.56. The smallest absolute Gasteiger partial charge is 0.00164 e. The Bertz CT molecular complexity index is 1850. The number of rotatable bonds is 9. The third-order valence-corrected chi connectivity index (χ3v) is 8.69. The van der Waals surface area contributed by atoms with E-state index in [2.05, 4.69) is 182 Å². The third kappa shape index (κ3) is 6.28. The second-order valence-electron chi connectivity index (χ2n) is 11.6. The van der Waals surface area contributed by atoms with Crippen LogP contribution in [0.5, 0.6) is 0 Å². The highest BCUT2D eigenvalue weighted by Crippen LogP contribution is 2.48. The predicted molar refractivity (Wildman–Crippen MR) is 190 cm³/mol. The lowest BCUT2D eigenvalue weighted by Crippen LogP contribution is -2.10. The van der Waals surface area contributed by atoms with Crippen LogP contribution >= 0.6 is 0 Å². The van der Waals surface area contributed by atoms with Crippen molar-refractivity contribution in [1.29, 1.82) is 0 Å². The van der Waals surface area contributed by atoms with Gasteiger partial charge in [-0.3, -0.25) is 0 Å². The van der Waals surface area contributed by atoms with Crippen molar-refractivity contribution in [2.24, 2.45) is 0 Å². The molecule has 0 bridgehead atoms. The molecular formula is C45H36. The Kier molecular flexibility index (Phi) is 8.47. The molecule has 7 aromatic rings. The quantitative estimate of drug-likeness (QED) is 0.160. The van der Waals surface area contributed by atoms with Gasteiger partial charge in [-0.2, -0.15) is 0 Å². The zero-order valence-electron chi connectivity index (χ0n) is 25.4. The Labute approximate surface area is 267 Å². The summed E-state index contributed by atoms with van der Waals surface area (Å²) in [6.45, 7) is 0. The summed E-state index contributed by atoms with van der Waals surface area (Å²) < 4.78 is 0. The zero-order valence-corrected chi connectivity index (χ0v) is 25.4. The Morgan fingerprint density at radius 3 is 0.778 bits per heavy atom. The normalized spacial score (nSPS) is 10.9. The van der Waals surface area contributed by atoms with Crippen molar-refractivity contribution in [3.05, 3.63) is 215 Å². The fourth-order valence-electron chi connectivity index (χ4n) is 6.65. The predicted octanol–water partition coefficient (Wildman–Crippen LogP) is 11.5. The van der Waals surface area contributed by atoms with Gasteiger partial charge in [0.25, 0.3) is 0 Å². The van der Waals surface area contributed by atoms with Crippen LogP contribution in [0.1, 0.15) is 33.4 Å². The highest BCUT2D eigenvalue weighted by molar-refractivity contribution is 5.99. The minimum atomic E-state index is 0.851. The number of benzene rings is 7. The molecule has 0 unspecified atom stereocenters. The van der Waals surface area contributed by atoms with Crippen molar-refractivity contribution >= 4 is 0 Å². The van der Waals surface area contributed by atoms with Crippen LogP contribution in [0.25, 0.3) is 33.4 Å². The molecule has 45 heavy (non-hydrogen) atoms. The molecule has 0 N–H and O–H groups in total. The van der Waals surface area contributed by atoms with E-state index in [1.165, 1.54) is 66.8 Å². The van der Waals surface area contributed by atoms with Crippen molar-refractivity contribution in [1.82, 2.24) is 0 Å². The molecule has 7 rings (SSSR count). The molecule has 0 spiro atoms. The van der Waals surface area contributed by atoms with Crippen molar-refractivity contribution in [2.45, 2.75) is 19.3 Å². The Balaban J connectivity index is 1.66. The highest BCUT2D eigenvalue weighted by Gasteiger charge is 2.27. The van der Waals surface area contributed by atoms with Crippen molar-refractivity contribution in [3.8, 4) is 33.4 Å². The summed E-state index contributed by atoms with van der Waals surface area (Å²) in [6, 6.07) is 66.0. The van der Waals surface area contributed by atoms with Crippen LogP contribution in [-0.4, -0.2) is 0 Å². The number of hydrogen-bond acceptors (Lipinski definition) is 0. The second-order valence-corrected chi connectivity index (χ2v) is 11.6. The summed E-state index contributed by atoms with van der Waals surface area (Å²) in [5.74, 6) is 0. The summed E-state index contributed by atoms with van der Waals surface area (Å²) in [5, 5.41) is 0. The van der Waals surface area contributed by atoms with Gasteiger partial charge in [0.1, 0.15) is 0 Å². The molecule has 0 heterocycles. The topological polar surface area (TPSA) is 0 Å². The van der Waals surface area contributed by atoms with Gasteiger partial charge in [-0.15, -0.1) is 0 Å². The monoisotopic (exact) mass is 576 g/mol. The van der Waals surface area contributed by atoms with E-state index in [0.29, 0.717) is 0 Å². The van der Waals surface area contributed by atoms with E-state index in [4.69, 9.17) is 0 Å². The molecule has 0 nitrogen and oxygen atoms in total. The molecule has 216 valence electrons. The van der Waals surface area contributed by atoms with Crippen molar-refractivity contribution < 1.29 is 0 Å². The third-order valence-electron chi connectivity index (χ3n) is 8.69. The lowest BCUT2D eigenvalue weighted by atomic mass is 9.75. The molecule has 0 fully saturated rings. The van der Waals surface area contributed by atoms with E-state index in [9.17, 15) is 0 Å². The van der Waals surface area contributed by atoms with Gasteiger partial charge < -0.3 is 0 Å². The second kappa shape index (κ2) is 13.5. The van der Waals surface area contributed by atoms with Crippen LogP contribution in [0.4, 0.5) is 0 Å². The van der Waals surface area contributed by atoms with Gasteiger partial charge in [-0.1, -0.05) is 182 Å². The largest absolute Gasteiger partial charge is 0.0622 e. The van der Waals surface area contributed by atoms with Gasteiger partial charge in [-0.05, 0) is 86.0 Å². The van der Waals surface area contributed by atoms with Gasteiger partial charge in [-0.25, -0.2) is 0 Å². The molecule has 0 radical (unpaired) electrons. The first-order valence-corrected chi connectivity index (χ1v) is 15.8. The molecule has 0 aliphatic carbocycles. The van der Waals surface area contributed by atoms with Crippen LogP contribution in [0.15, 0.2) is 182 Å². The van der Waals surface area contributed by atoms with Crippen LogP contribution in [0.3, 0.4) is 0 Å². The van der Waals surface area contributed by atoms with Gasteiger partial charge in [0.05, 0.1) is 0 Å². The lowest BCUT2D eigenvalue weighted by molar-refractivity contribution is 1.04. The first-order chi connectivity index (χ1) is 22.3. The van der Waals surface area contributed by atoms with Crippen LogP contribution in [0, 0.1) is 0 Å². The first-order valence-electron chi connectivity index (χ1n) is 15.8. The molecule has 7 aromatic carbocycles. The molecule has 0 atom stereocenters. The summed E-state index contributed by atoms with van der Waals surface area (Å²) in [4.78, 5) is 0. The Morgan fingerprint density at radius 2 is 0.467 bits per heavy atom. The van der Waals surface area contributed by atoms with Gasteiger partial charge >= 0.3 is 0 Å². The maximum Gasteiger partial charge on any atom is -0.00164 e. The first kappa shape index (κ1) is 28.3. The molecule has 0 aliphatic rings. The molecule has 0 aliphatic heterocycles. The highest BCUT2D eigenvalue weighted by atomic mass is 14.3. The van der Waals surface area contributed by atoms with Gasteiger partial charge in [0, 0.05) is 0 Å². The zero-order chi connectivity index (χ0) is 30.3. The minimum Gasteiger partial charge on any atom is -0.0622 e. The van der Waals surface area contributed by atoms with E-state index >= 15 is 0 Å². The molecule has 0 aromatic heterocycles. The van der Waals surface area contributed by atoms with Gasteiger partial charge in [0.15, 0.2) is 0 Å². The van der Waals surface area contributed by atoms with E-state index in [0.717, 1.165) is 19.3 Å². The Hall–Kier alpha value is -5.46. The Morgan fingerprint density at radius 1 is 0.222 bits per heavy atom. The summed E-state index contributed by atoms with van der Waals surface area (Å²) in [7, 11) is 0. The fourth-order valence-corrected chi connectivity index (χ4v) is 6.65. The summed E-state index contributed by atoms with van der Waals surface area (Å²) >= 11 is 0. The average Bonchev–Trinajstić information content (AvgIpc) is 3.12. The average molecular weight is 577 g/mol. The van der Waals surface area contributed by atoms with E-state index < -0.39 is 0 Å². The molecule has 0 saturated carbocycles. The van der Waals surface area contributed by atoms with Crippen LogP contribution in [-0.2, 0) is 19.3 Å². The van der Waals surface area contributed by atoms with Crippen LogP contribution < -0.4 is 0 Å². The molecule has 0 amide bonds. The van der Waals surface area contributed by atoms with E-state index in [1.54, 1.807) is 0 Å².